The van der Waals surface area contributed by atoms with Crippen LogP contribution in [0.1, 0.15) is 6.92 Å². The number of nitrogens with two attached hydrogens (primary N) is 1. The van der Waals surface area contributed by atoms with E-state index in [0.29, 0.717) is 0 Å². The van der Waals surface area contributed by atoms with Gasteiger partial charge in [-0.2, -0.15) is 0 Å². The summed E-state index contributed by atoms with van der Waals surface area (Å²) in [6.45, 7) is 2.11. The SMILES string of the molecule is CCSc1cc(N)cn[n+]1C.[O-][Cl+3]([O-])([O-])[O-]. The Labute approximate surface area is 99.3 Å². The zero-order valence-electron chi connectivity index (χ0n) is 8.75. The number of aromatic nitrogens is 2. The maximum absolute atomic E-state index is 8.49. The Morgan fingerprint density at radius 2 is 1.94 bits per heavy atom. The number of aryl methyl sites for hydroxylation is 1. The van der Waals surface area contributed by atoms with Gasteiger partial charge < -0.3 is 5.73 Å². The third kappa shape index (κ3) is 8.65. The predicted molar refractivity (Wildman–Crippen MR) is 46.2 cm³/mol. The summed E-state index contributed by atoms with van der Waals surface area (Å²) in [5, 5.41) is 5.17. The number of halogens is 1. The average Bonchev–Trinajstić information content (AvgIpc) is 2.09. The van der Waals surface area contributed by atoms with E-state index in [-0.39, 0.29) is 0 Å². The van der Waals surface area contributed by atoms with E-state index < -0.39 is 10.2 Å². The molecule has 0 amide bonds. The molecular formula is C7H12ClN3O4S. The van der Waals surface area contributed by atoms with Gasteiger partial charge in [-0.15, -0.1) is 10.2 Å². The van der Waals surface area contributed by atoms with Gasteiger partial charge in [-0.25, -0.2) is 18.6 Å². The Kier molecular flexibility index (Phi) is 6.56. The van der Waals surface area contributed by atoms with E-state index >= 15 is 0 Å². The number of thioether (sulfide) groups is 1. The minimum Gasteiger partial charge on any atom is -0.397 e. The molecule has 0 radical (unpaired) electrons. The zero-order valence-corrected chi connectivity index (χ0v) is 10.3. The van der Waals surface area contributed by atoms with Crippen LogP contribution in [0.25, 0.3) is 0 Å². The zero-order chi connectivity index (χ0) is 12.8. The van der Waals surface area contributed by atoms with Gasteiger partial charge in [0, 0.05) is 11.8 Å². The summed E-state index contributed by atoms with van der Waals surface area (Å²) in [5.41, 5.74) is 6.29. The lowest BCUT2D eigenvalue weighted by Gasteiger charge is -2.17. The smallest absolute Gasteiger partial charge is 0.268 e. The number of nitrogen functional groups attached to an aromatic ring is 1. The molecule has 1 aromatic rings. The van der Waals surface area contributed by atoms with Crippen molar-refractivity contribution in [1.29, 1.82) is 0 Å². The molecule has 0 aliphatic heterocycles. The van der Waals surface area contributed by atoms with Crippen molar-refractivity contribution in [2.45, 2.75) is 11.9 Å². The van der Waals surface area contributed by atoms with Gasteiger partial charge in [0.15, 0.2) is 7.05 Å². The highest BCUT2D eigenvalue weighted by Gasteiger charge is 2.06. The van der Waals surface area contributed by atoms with Gasteiger partial charge >= 0.3 is 0 Å². The molecule has 0 saturated heterocycles. The van der Waals surface area contributed by atoms with E-state index in [0.717, 1.165) is 16.5 Å². The first kappa shape index (κ1) is 15.4. The third-order valence-electron chi connectivity index (χ3n) is 1.28. The topological polar surface area (TPSA) is 135 Å². The van der Waals surface area contributed by atoms with Crippen molar-refractivity contribution in [3.8, 4) is 0 Å². The van der Waals surface area contributed by atoms with Gasteiger partial charge in [0.1, 0.15) is 6.20 Å². The number of nitrogens with zero attached hydrogens (tertiary/aromatic N) is 2. The lowest BCUT2D eigenvalue weighted by Crippen LogP contribution is -2.68. The van der Waals surface area contributed by atoms with Gasteiger partial charge in [0.2, 0.25) is 0 Å². The summed E-state index contributed by atoms with van der Waals surface area (Å²) in [6, 6.07) is 1.93. The number of rotatable bonds is 2. The predicted octanol–water partition coefficient (Wildman–Crippen LogP) is -4.16. The number of hydrogen-bond acceptors (Lipinski definition) is 7. The molecule has 9 heteroatoms. The van der Waals surface area contributed by atoms with E-state index in [2.05, 4.69) is 12.0 Å². The van der Waals surface area contributed by atoms with Crippen molar-refractivity contribution in [2.24, 2.45) is 7.05 Å². The Hall–Kier alpha value is -0.640. The van der Waals surface area contributed by atoms with Gasteiger partial charge in [-0.05, 0) is 5.10 Å². The Morgan fingerprint density at radius 3 is 2.38 bits per heavy atom. The molecule has 2 N–H and O–H groups in total. The standard InChI is InChI=1S/C7H11N3S.ClHO4/c1-3-11-7-4-6(8)5-9-10(7)2;2-1(3,4)5/h4-5,8H,3H2,1-2H3;(H,2,3,4,5). The van der Waals surface area contributed by atoms with E-state index in [4.69, 9.17) is 24.4 Å². The van der Waals surface area contributed by atoms with Crippen LogP contribution in [-0.4, -0.2) is 10.9 Å². The molecule has 0 aromatic carbocycles. The molecule has 0 aliphatic carbocycles. The molecule has 92 valence electrons. The Bertz CT molecular complexity index is 328. The van der Waals surface area contributed by atoms with Crippen LogP contribution in [0.5, 0.6) is 0 Å². The summed E-state index contributed by atoms with van der Waals surface area (Å²) >= 11 is 1.74. The van der Waals surface area contributed by atoms with Crippen LogP contribution in [0.4, 0.5) is 5.69 Å². The van der Waals surface area contributed by atoms with Crippen LogP contribution in [0.15, 0.2) is 17.3 Å². The van der Waals surface area contributed by atoms with E-state index in [9.17, 15) is 0 Å². The molecule has 0 spiro atoms. The summed E-state index contributed by atoms with van der Waals surface area (Å²) in [6.07, 6.45) is 1.65. The van der Waals surface area contributed by atoms with E-state index in [1.165, 1.54) is 0 Å². The van der Waals surface area contributed by atoms with Crippen molar-refractivity contribution in [3.05, 3.63) is 12.3 Å². The Balaban J connectivity index is 0.000000385. The highest BCUT2D eigenvalue weighted by Crippen LogP contribution is 2.13. The average molecular weight is 270 g/mol. The molecule has 1 aromatic heterocycles. The van der Waals surface area contributed by atoms with Crippen LogP contribution in [0, 0.1) is 10.2 Å². The molecule has 0 atom stereocenters. The van der Waals surface area contributed by atoms with Crippen molar-refractivity contribution in [3.63, 3.8) is 0 Å². The maximum atomic E-state index is 8.49. The minimum absolute atomic E-state index is 0.721. The van der Waals surface area contributed by atoms with Gasteiger partial charge in [0.25, 0.3) is 5.03 Å². The molecule has 16 heavy (non-hydrogen) atoms. The molecular weight excluding hydrogens is 258 g/mol. The van der Waals surface area contributed by atoms with Crippen LogP contribution in [0.2, 0.25) is 0 Å². The molecule has 0 unspecified atom stereocenters. The summed E-state index contributed by atoms with van der Waals surface area (Å²) < 4.78 is 35.8. The molecule has 0 fully saturated rings. The normalized spacial score (nSPS) is 10.6. The van der Waals surface area contributed by atoms with Crippen LogP contribution < -0.4 is 29.1 Å². The first-order valence-corrected chi connectivity index (χ1v) is 6.32. The van der Waals surface area contributed by atoms with Gasteiger partial charge in [-0.1, -0.05) is 23.4 Å². The lowest BCUT2D eigenvalue weighted by molar-refractivity contribution is -2.00. The minimum atomic E-state index is -4.94. The maximum Gasteiger partial charge on any atom is 0.268 e. The quantitative estimate of drug-likeness (QED) is 0.425. The number of hydrogen-bond donors (Lipinski definition) is 1. The second-order valence-corrected chi connectivity index (χ2v) is 4.60. The number of anilines is 1. The fourth-order valence-electron chi connectivity index (χ4n) is 0.766. The van der Waals surface area contributed by atoms with Gasteiger partial charge in [-0.3, -0.25) is 0 Å². The highest BCUT2D eigenvalue weighted by atomic mass is 35.7. The fourth-order valence-corrected chi connectivity index (χ4v) is 1.52. The summed E-state index contributed by atoms with van der Waals surface area (Å²) in [7, 11) is -3.03. The third-order valence-corrected chi connectivity index (χ3v) is 2.25. The van der Waals surface area contributed by atoms with Crippen molar-refractivity contribution >= 4 is 17.4 Å². The molecule has 7 nitrogen and oxygen atoms in total. The summed E-state index contributed by atoms with van der Waals surface area (Å²) in [5.74, 6) is 1.04. The van der Waals surface area contributed by atoms with Gasteiger partial charge in [0.05, 0.1) is 5.69 Å². The first-order valence-electron chi connectivity index (χ1n) is 4.10. The summed E-state index contributed by atoms with van der Waals surface area (Å²) in [4.78, 5) is 0. The monoisotopic (exact) mass is 269 g/mol. The van der Waals surface area contributed by atoms with Crippen LogP contribution in [-0.2, 0) is 7.05 Å². The van der Waals surface area contributed by atoms with Crippen LogP contribution in [0.3, 0.4) is 0 Å². The molecule has 0 saturated carbocycles. The lowest BCUT2D eigenvalue weighted by atomic mass is 10.5. The van der Waals surface area contributed by atoms with E-state index in [1.807, 2.05) is 17.8 Å². The Morgan fingerprint density at radius 1 is 1.44 bits per heavy atom. The second-order valence-electron chi connectivity index (χ2n) is 2.56. The molecule has 1 rings (SSSR count). The van der Waals surface area contributed by atoms with Crippen molar-refractivity contribution < 1.29 is 33.6 Å². The fraction of sp³-hybridized carbons (Fsp3) is 0.429. The first-order chi connectivity index (χ1) is 7.24. The molecule has 0 aliphatic rings. The molecule has 0 bridgehead atoms. The van der Waals surface area contributed by atoms with Crippen LogP contribution >= 0.6 is 11.8 Å². The highest BCUT2D eigenvalue weighted by molar-refractivity contribution is 7.99. The molecule has 1 heterocycles. The second kappa shape index (κ2) is 6.84. The largest absolute Gasteiger partial charge is 0.397 e. The van der Waals surface area contributed by atoms with Crippen molar-refractivity contribution in [1.82, 2.24) is 5.10 Å². The van der Waals surface area contributed by atoms with Crippen molar-refractivity contribution in [2.75, 3.05) is 11.5 Å². The van der Waals surface area contributed by atoms with E-state index in [1.54, 1.807) is 18.0 Å².